The van der Waals surface area contributed by atoms with Gasteiger partial charge in [-0.2, -0.15) is 0 Å². The monoisotopic (exact) mass is 402 g/mol. The molecule has 2 rings (SSSR count). The third-order valence-corrected chi connectivity index (χ3v) is 5.08. The normalized spacial score (nSPS) is 11.6. The molecule has 1 N–H and O–H groups in total. The lowest BCUT2D eigenvalue weighted by molar-refractivity contribution is -0.142. The highest BCUT2D eigenvalue weighted by molar-refractivity contribution is 6.32. The van der Waals surface area contributed by atoms with Crippen molar-refractivity contribution in [2.75, 3.05) is 13.2 Å². The summed E-state index contributed by atoms with van der Waals surface area (Å²) in [6, 6.07) is 12.6. The molecule has 0 aromatic heterocycles. The molecule has 6 heteroatoms. The van der Waals surface area contributed by atoms with Crippen LogP contribution in [0.5, 0.6) is 5.75 Å². The highest BCUT2D eigenvalue weighted by Gasteiger charge is 2.26. The standard InChI is InChI=1S/C22H27ClN2O3/c1-5-24-22(27)17(4)25(13-18-9-7-6-8-10-18)20(26)14-28-19-11-15(2)21(23)16(3)12-19/h6-12,17H,5,13-14H2,1-4H3,(H,24,27). The van der Waals surface area contributed by atoms with Crippen LogP contribution in [0.15, 0.2) is 42.5 Å². The predicted molar refractivity (Wildman–Crippen MR) is 112 cm³/mol. The maximum atomic E-state index is 12.9. The number of benzene rings is 2. The van der Waals surface area contributed by atoms with Crippen molar-refractivity contribution >= 4 is 23.4 Å². The van der Waals surface area contributed by atoms with E-state index in [4.69, 9.17) is 16.3 Å². The van der Waals surface area contributed by atoms with Crippen molar-refractivity contribution in [3.05, 3.63) is 64.2 Å². The topological polar surface area (TPSA) is 58.6 Å². The van der Waals surface area contributed by atoms with Gasteiger partial charge in [0.05, 0.1) is 0 Å². The summed E-state index contributed by atoms with van der Waals surface area (Å²) in [6.07, 6.45) is 0. The SMILES string of the molecule is CCNC(=O)C(C)N(Cc1ccccc1)C(=O)COc1cc(C)c(Cl)c(C)c1. The van der Waals surface area contributed by atoms with E-state index in [0.717, 1.165) is 16.7 Å². The van der Waals surface area contributed by atoms with Crippen LogP contribution in [0, 0.1) is 13.8 Å². The van der Waals surface area contributed by atoms with E-state index in [0.29, 0.717) is 23.9 Å². The van der Waals surface area contributed by atoms with Crippen molar-refractivity contribution in [2.45, 2.75) is 40.3 Å². The van der Waals surface area contributed by atoms with Crippen LogP contribution in [0.2, 0.25) is 5.02 Å². The molecule has 0 aliphatic carbocycles. The highest BCUT2D eigenvalue weighted by Crippen LogP contribution is 2.26. The third kappa shape index (κ3) is 5.73. The van der Waals surface area contributed by atoms with Crippen molar-refractivity contribution < 1.29 is 14.3 Å². The molecule has 2 aromatic rings. The fourth-order valence-electron chi connectivity index (χ4n) is 2.90. The molecule has 0 spiro atoms. The smallest absolute Gasteiger partial charge is 0.261 e. The van der Waals surface area contributed by atoms with Gasteiger partial charge in [-0.25, -0.2) is 0 Å². The largest absolute Gasteiger partial charge is 0.484 e. The number of halogens is 1. The van der Waals surface area contributed by atoms with E-state index >= 15 is 0 Å². The van der Waals surface area contributed by atoms with Gasteiger partial charge in [0.15, 0.2) is 6.61 Å². The Morgan fingerprint density at radius 3 is 2.32 bits per heavy atom. The van der Waals surface area contributed by atoms with Crippen molar-refractivity contribution in [1.29, 1.82) is 0 Å². The fourth-order valence-corrected chi connectivity index (χ4v) is 3.01. The van der Waals surface area contributed by atoms with Crippen LogP contribution in [-0.4, -0.2) is 35.9 Å². The summed E-state index contributed by atoms with van der Waals surface area (Å²) in [5.74, 6) is 0.135. The number of carbonyl (C=O) groups is 2. The molecular weight excluding hydrogens is 376 g/mol. The molecule has 2 amide bonds. The molecule has 5 nitrogen and oxygen atoms in total. The molecule has 1 unspecified atom stereocenters. The Balaban J connectivity index is 2.14. The predicted octanol–water partition coefficient (Wildman–Crippen LogP) is 3.89. The number of carbonyl (C=O) groups excluding carboxylic acids is 2. The number of amides is 2. The van der Waals surface area contributed by atoms with Gasteiger partial charge in [-0.1, -0.05) is 41.9 Å². The Labute approximate surface area is 171 Å². The summed E-state index contributed by atoms with van der Waals surface area (Å²) in [5.41, 5.74) is 2.73. The van der Waals surface area contributed by atoms with Crippen LogP contribution in [0.25, 0.3) is 0 Å². The fraction of sp³-hybridized carbons (Fsp3) is 0.364. The second-order valence-corrected chi connectivity index (χ2v) is 7.12. The Hall–Kier alpha value is -2.53. The third-order valence-electron chi connectivity index (χ3n) is 4.49. The van der Waals surface area contributed by atoms with E-state index < -0.39 is 6.04 Å². The quantitative estimate of drug-likeness (QED) is 0.728. The number of ether oxygens (including phenoxy) is 1. The maximum Gasteiger partial charge on any atom is 0.261 e. The van der Waals surface area contributed by atoms with Crippen LogP contribution in [0.3, 0.4) is 0 Å². The molecule has 0 saturated heterocycles. The first kappa shape index (κ1) is 21.8. The molecule has 0 bridgehead atoms. The zero-order valence-corrected chi connectivity index (χ0v) is 17.5. The lowest BCUT2D eigenvalue weighted by atomic mass is 10.1. The summed E-state index contributed by atoms with van der Waals surface area (Å²) >= 11 is 6.18. The summed E-state index contributed by atoms with van der Waals surface area (Å²) < 4.78 is 5.71. The van der Waals surface area contributed by atoms with Gasteiger partial charge in [-0.15, -0.1) is 0 Å². The minimum Gasteiger partial charge on any atom is -0.484 e. The van der Waals surface area contributed by atoms with E-state index in [1.807, 2.05) is 51.1 Å². The molecule has 2 aromatic carbocycles. The summed E-state index contributed by atoms with van der Waals surface area (Å²) in [6.45, 7) is 8.05. The Bertz CT molecular complexity index is 801. The molecule has 0 radical (unpaired) electrons. The van der Waals surface area contributed by atoms with Crippen molar-refractivity contribution in [1.82, 2.24) is 10.2 Å². The lowest BCUT2D eigenvalue weighted by Gasteiger charge is -2.28. The van der Waals surface area contributed by atoms with Crippen molar-refractivity contribution in [3.8, 4) is 5.75 Å². The Kier molecular flexibility index (Phi) is 7.88. The van der Waals surface area contributed by atoms with Crippen molar-refractivity contribution in [2.24, 2.45) is 0 Å². The summed E-state index contributed by atoms with van der Waals surface area (Å²) in [4.78, 5) is 26.8. The van der Waals surface area contributed by atoms with Crippen LogP contribution >= 0.6 is 11.6 Å². The van der Waals surface area contributed by atoms with Gasteiger partial charge in [0.25, 0.3) is 5.91 Å². The molecule has 28 heavy (non-hydrogen) atoms. The van der Waals surface area contributed by atoms with Gasteiger partial charge in [-0.3, -0.25) is 9.59 Å². The van der Waals surface area contributed by atoms with E-state index in [-0.39, 0.29) is 18.4 Å². The summed E-state index contributed by atoms with van der Waals surface area (Å²) in [7, 11) is 0. The minimum absolute atomic E-state index is 0.156. The second-order valence-electron chi connectivity index (χ2n) is 6.74. The van der Waals surface area contributed by atoms with Crippen LogP contribution < -0.4 is 10.1 Å². The molecular formula is C22H27ClN2O3. The Morgan fingerprint density at radius 1 is 1.14 bits per heavy atom. The van der Waals surface area contributed by atoms with Crippen LogP contribution in [0.4, 0.5) is 0 Å². The number of hydrogen-bond acceptors (Lipinski definition) is 3. The molecule has 0 aliphatic rings. The van der Waals surface area contributed by atoms with Gasteiger partial charge in [0.2, 0.25) is 5.91 Å². The van der Waals surface area contributed by atoms with Crippen LogP contribution in [0.1, 0.15) is 30.5 Å². The summed E-state index contributed by atoms with van der Waals surface area (Å²) in [5, 5.41) is 3.46. The lowest BCUT2D eigenvalue weighted by Crippen LogP contribution is -2.49. The van der Waals surface area contributed by atoms with Gasteiger partial charge in [0.1, 0.15) is 11.8 Å². The minimum atomic E-state index is -0.607. The second kappa shape index (κ2) is 10.1. The van der Waals surface area contributed by atoms with Gasteiger partial charge < -0.3 is 15.0 Å². The zero-order chi connectivity index (χ0) is 20.7. The molecule has 0 fully saturated rings. The number of nitrogens with one attached hydrogen (secondary N) is 1. The molecule has 1 atom stereocenters. The van der Waals surface area contributed by atoms with E-state index in [2.05, 4.69) is 5.32 Å². The average molecular weight is 403 g/mol. The van der Waals surface area contributed by atoms with E-state index in [1.165, 1.54) is 4.90 Å². The molecule has 0 heterocycles. The number of nitrogens with zero attached hydrogens (tertiary/aromatic N) is 1. The van der Waals surface area contributed by atoms with E-state index in [1.54, 1.807) is 19.1 Å². The first-order chi connectivity index (χ1) is 13.3. The van der Waals surface area contributed by atoms with E-state index in [9.17, 15) is 9.59 Å². The molecule has 0 saturated carbocycles. The number of rotatable bonds is 8. The average Bonchev–Trinajstić information content (AvgIpc) is 2.68. The number of likely N-dealkylation sites (N-methyl/N-ethyl adjacent to an activating group) is 1. The first-order valence-electron chi connectivity index (χ1n) is 9.34. The molecule has 0 aliphatic heterocycles. The van der Waals surface area contributed by atoms with Gasteiger partial charge in [-0.05, 0) is 56.5 Å². The molecule has 150 valence electrons. The Morgan fingerprint density at radius 2 is 1.75 bits per heavy atom. The van der Waals surface area contributed by atoms with Crippen molar-refractivity contribution in [3.63, 3.8) is 0 Å². The highest BCUT2D eigenvalue weighted by atomic mass is 35.5. The van der Waals surface area contributed by atoms with Gasteiger partial charge >= 0.3 is 0 Å². The maximum absolute atomic E-state index is 12.9. The first-order valence-corrected chi connectivity index (χ1v) is 9.72. The van der Waals surface area contributed by atoms with Crippen LogP contribution in [-0.2, 0) is 16.1 Å². The zero-order valence-electron chi connectivity index (χ0n) is 16.8. The number of hydrogen-bond donors (Lipinski definition) is 1. The van der Waals surface area contributed by atoms with Gasteiger partial charge in [0, 0.05) is 18.1 Å². The number of aryl methyl sites for hydroxylation is 2.